The van der Waals surface area contributed by atoms with Crippen LogP contribution in [0.1, 0.15) is 50.7 Å². The van der Waals surface area contributed by atoms with E-state index in [1.165, 1.54) is 31.7 Å². The molecule has 0 unspecified atom stereocenters. The van der Waals surface area contributed by atoms with Crippen molar-refractivity contribution in [2.24, 2.45) is 10.9 Å². The summed E-state index contributed by atoms with van der Waals surface area (Å²) >= 11 is 0. The Hall–Kier alpha value is -1.62. The van der Waals surface area contributed by atoms with E-state index in [2.05, 4.69) is 22.5 Å². The molecule has 0 heterocycles. The minimum Gasteiger partial charge on any atom is -0.392 e. The number of hydrogen-bond donors (Lipinski definition) is 3. The lowest BCUT2D eigenvalue weighted by molar-refractivity contribution is 0.275. The number of halogens is 1. The molecule has 0 amide bonds. The Morgan fingerprint density at radius 1 is 1.30 bits per heavy atom. The lowest BCUT2D eigenvalue weighted by atomic mass is 9.87. The van der Waals surface area contributed by atoms with Gasteiger partial charge in [0.1, 0.15) is 5.82 Å². The topological polar surface area (TPSA) is 56.7 Å². The summed E-state index contributed by atoms with van der Waals surface area (Å²) in [7, 11) is 0. The van der Waals surface area contributed by atoms with E-state index in [1.54, 1.807) is 12.1 Å². The van der Waals surface area contributed by atoms with Gasteiger partial charge in [-0.05, 0) is 56.2 Å². The first kappa shape index (κ1) is 17.7. The van der Waals surface area contributed by atoms with Crippen molar-refractivity contribution in [2.75, 3.05) is 6.54 Å². The summed E-state index contributed by atoms with van der Waals surface area (Å²) in [6.45, 7) is 5.33. The number of nitrogens with zero attached hydrogens (tertiary/aromatic N) is 1. The number of aliphatic hydroxyl groups is 1. The summed E-state index contributed by atoms with van der Waals surface area (Å²) in [6, 6.07) is 5.25. The third-order valence-electron chi connectivity index (χ3n) is 4.40. The van der Waals surface area contributed by atoms with Crippen molar-refractivity contribution in [3.05, 3.63) is 35.1 Å². The molecule has 0 aliphatic heterocycles. The highest BCUT2D eigenvalue weighted by Gasteiger charge is 2.18. The van der Waals surface area contributed by atoms with Crippen LogP contribution in [0.25, 0.3) is 0 Å². The Bertz CT molecular complexity index is 525. The van der Waals surface area contributed by atoms with Gasteiger partial charge in [-0.25, -0.2) is 9.38 Å². The molecule has 0 saturated heterocycles. The molecule has 0 radical (unpaired) electrons. The van der Waals surface area contributed by atoms with Gasteiger partial charge in [0.05, 0.1) is 13.2 Å². The van der Waals surface area contributed by atoms with E-state index in [9.17, 15) is 4.39 Å². The number of nitrogens with one attached hydrogen (secondary N) is 2. The Morgan fingerprint density at radius 2 is 2.04 bits per heavy atom. The van der Waals surface area contributed by atoms with E-state index in [0.717, 1.165) is 24.0 Å². The molecular formula is C18H28FN3O. The molecular weight excluding hydrogens is 293 g/mol. The van der Waals surface area contributed by atoms with Crippen molar-refractivity contribution in [1.29, 1.82) is 0 Å². The van der Waals surface area contributed by atoms with Gasteiger partial charge in [-0.15, -0.1) is 0 Å². The fourth-order valence-electron chi connectivity index (χ4n) is 2.94. The molecule has 23 heavy (non-hydrogen) atoms. The molecule has 1 aliphatic carbocycles. The molecule has 1 aromatic rings. The van der Waals surface area contributed by atoms with Crippen molar-refractivity contribution >= 4 is 5.96 Å². The van der Waals surface area contributed by atoms with Crippen molar-refractivity contribution < 1.29 is 9.50 Å². The standard InChI is InChI=1S/C18H28FN3O/c1-3-20-18(22-16-7-4-13(2)5-8-16)21-11-14-6-9-17(19)15(10-14)12-23/h6,9-10,13,16,23H,3-5,7-8,11-12H2,1-2H3,(H2,20,21,22). The molecule has 1 fully saturated rings. The predicted molar refractivity (Wildman–Crippen MR) is 91.7 cm³/mol. The van der Waals surface area contributed by atoms with Gasteiger partial charge in [0.15, 0.2) is 5.96 Å². The Balaban J connectivity index is 1.98. The van der Waals surface area contributed by atoms with Crippen LogP contribution in [0.2, 0.25) is 0 Å². The zero-order valence-electron chi connectivity index (χ0n) is 14.1. The van der Waals surface area contributed by atoms with Gasteiger partial charge in [0, 0.05) is 18.2 Å². The first-order valence-corrected chi connectivity index (χ1v) is 8.55. The first-order valence-electron chi connectivity index (χ1n) is 8.55. The number of rotatable bonds is 5. The summed E-state index contributed by atoms with van der Waals surface area (Å²) in [6.07, 6.45) is 4.87. The van der Waals surface area contributed by atoms with Crippen LogP contribution in [0.5, 0.6) is 0 Å². The average Bonchev–Trinajstić information content (AvgIpc) is 2.56. The second-order valence-electron chi connectivity index (χ2n) is 6.38. The quantitative estimate of drug-likeness (QED) is 0.577. The lowest BCUT2D eigenvalue weighted by Gasteiger charge is -2.28. The Labute approximate surface area is 138 Å². The highest BCUT2D eigenvalue weighted by Crippen LogP contribution is 2.23. The van der Waals surface area contributed by atoms with Gasteiger partial charge in [-0.2, -0.15) is 0 Å². The second kappa shape index (κ2) is 8.87. The number of hydrogen-bond acceptors (Lipinski definition) is 2. The normalized spacial score (nSPS) is 22.0. The summed E-state index contributed by atoms with van der Waals surface area (Å²) in [5.41, 5.74) is 1.21. The van der Waals surface area contributed by atoms with Gasteiger partial charge >= 0.3 is 0 Å². The van der Waals surface area contributed by atoms with E-state index >= 15 is 0 Å². The van der Waals surface area contributed by atoms with E-state index in [1.807, 2.05) is 6.92 Å². The van der Waals surface area contributed by atoms with Gasteiger partial charge in [0.25, 0.3) is 0 Å². The minimum absolute atomic E-state index is 0.290. The zero-order valence-corrected chi connectivity index (χ0v) is 14.1. The van der Waals surface area contributed by atoms with Crippen molar-refractivity contribution in [3.8, 4) is 0 Å². The maximum Gasteiger partial charge on any atom is 0.191 e. The molecule has 0 spiro atoms. The summed E-state index contributed by atoms with van der Waals surface area (Å²) in [5, 5.41) is 15.9. The fraction of sp³-hybridized carbons (Fsp3) is 0.611. The molecule has 1 aromatic carbocycles. The largest absolute Gasteiger partial charge is 0.392 e. The Kier molecular flexibility index (Phi) is 6.84. The van der Waals surface area contributed by atoms with E-state index in [-0.39, 0.29) is 12.4 Å². The van der Waals surface area contributed by atoms with E-state index < -0.39 is 0 Å². The van der Waals surface area contributed by atoms with Crippen LogP contribution < -0.4 is 10.6 Å². The average molecular weight is 321 g/mol. The van der Waals surface area contributed by atoms with Crippen LogP contribution >= 0.6 is 0 Å². The molecule has 0 bridgehead atoms. The third kappa shape index (κ3) is 5.50. The van der Waals surface area contributed by atoms with Crippen molar-refractivity contribution in [2.45, 2.75) is 58.7 Å². The van der Waals surface area contributed by atoms with Gasteiger partial charge < -0.3 is 15.7 Å². The smallest absolute Gasteiger partial charge is 0.191 e. The molecule has 1 saturated carbocycles. The number of benzene rings is 1. The van der Waals surface area contributed by atoms with Gasteiger partial charge in [0.2, 0.25) is 0 Å². The van der Waals surface area contributed by atoms with Crippen LogP contribution in [-0.4, -0.2) is 23.7 Å². The number of guanidine groups is 1. The van der Waals surface area contributed by atoms with Gasteiger partial charge in [-0.1, -0.05) is 13.0 Å². The van der Waals surface area contributed by atoms with Crippen molar-refractivity contribution in [1.82, 2.24) is 10.6 Å². The lowest BCUT2D eigenvalue weighted by Crippen LogP contribution is -2.44. The van der Waals surface area contributed by atoms with Crippen molar-refractivity contribution in [3.63, 3.8) is 0 Å². The summed E-state index contributed by atoms with van der Waals surface area (Å²) in [4.78, 5) is 4.59. The van der Waals surface area contributed by atoms with Crippen LogP contribution in [-0.2, 0) is 13.2 Å². The second-order valence-corrected chi connectivity index (χ2v) is 6.38. The highest BCUT2D eigenvalue weighted by molar-refractivity contribution is 5.80. The van der Waals surface area contributed by atoms with Crippen LogP contribution in [0.4, 0.5) is 4.39 Å². The predicted octanol–water partition coefficient (Wildman–Crippen LogP) is 2.95. The maximum absolute atomic E-state index is 13.4. The fourth-order valence-corrected chi connectivity index (χ4v) is 2.94. The van der Waals surface area contributed by atoms with Crippen LogP contribution in [0.3, 0.4) is 0 Å². The first-order chi connectivity index (χ1) is 11.1. The summed E-state index contributed by atoms with van der Waals surface area (Å²) in [5.74, 6) is 1.26. The number of aliphatic hydroxyl groups excluding tert-OH is 1. The monoisotopic (exact) mass is 321 g/mol. The van der Waals surface area contributed by atoms with E-state index in [4.69, 9.17) is 5.11 Å². The molecule has 0 aromatic heterocycles. The third-order valence-corrected chi connectivity index (χ3v) is 4.40. The highest BCUT2D eigenvalue weighted by atomic mass is 19.1. The molecule has 0 atom stereocenters. The van der Waals surface area contributed by atoms with Crippen LogP contribution in [0, 0.1) is 11.7 Å². The van der Waals surface area contributed by atoms with E-state index in [0.29, 0.717) is 18.2 Å². The molecule has 128 valence electrons. The zero-order chi connectivity index (χ0) is 16.7. The maximum atomic E-state index is 13.4. The minimum atomic E-state index is -0.374. The Morgan fingerprint density at radius 3 is 2.70 bits per heavy atom. The SMILES string of the molecule is CCNC(=NCc1ccc(F)c(CO)c1)NC1CCC(C)CC1. The molecule has 1 aliphatic rings. The molecule has 3 N–H and O–H groups in total. The molecule has 4 nitrogen and oxygen atoms in total. The number of aliphatic imine (C=N–C) groups is 1. The van der Waals surface area contributed by atoms with Gasteiger partial charge in [-0.3, -0.25) is 0 Å². The molecule has 2 rings (SSSR count). The molecule has 5 heteroatoms. The van der Waals surface area contributed by atoms with Crippen LogP contribution in [0.15, 0.2) is 23.2 Å². The summed E-state index contributed by atoms with van der Waals surface area (Å²) < 4.78 is 13.4.